The van der Waals surface area contributed by atoms with E-state index < -0.39 is 0 Å². The van der Waals surface area contributed by atoms with Gasteiger partial charge in [0, 0.05) is 24.7 Å². The maximum Gasteiger partial charge on any atom is 0.315 e. The van der Waals surface area contributed by atoms with Gasteiger partial charge in [-0.25, -0.2) is 0 Å². The molecule has 0 atom stereocenters. The molecule has 0 saturated carbocycles. The molecule has 7 heteroatoms. The Labute approximate surface area is 126 Å². The fraction of sp³-hybridized carbons (Fsp3) is 0.385. The predicted molar refractivity (Wildman–Crippen MR) is 79.3 cm³/mol. The number of rotatable bonds is 8. The van der Waals surface area contributed by atoms with Crippen LogP contribution in [0.2, 0.25) is 0 Å². The number of nitrogens with one attached hydrogen (secondary N) is 2. The SMILES string of the molecule is COCCNCc1nnc(NCc2cccc(Br)c2)o1. The Kier molecular flexibility index (Phi) is 5.97. The van der Waals surface area contributed by atoms with Gasteiger partial charge >= 0.3 is 6.01 Å². The minimum absolute atomic E-state index is 0.425. The van der Waals surface area contributed by atoms with E-state index in [4.69, 9.17) is 9.15 Å². The monoisotopic (exact) mass is 340 g/mol. The lowest BCUT2D eigenvalue weighted by atomic mass is 10.2. The summed E-state index contributed by atoms with van der Waals surface area (Å²) in [6.07, 6.45) is 0. The lowest BCUT2D eigenvalue weighted by molar-refractivity contribution is 0.198. The largest absolute Gasteiger partial charge is 0.407 e. The molecule has 2 aromatic rings. The first-order chi connectivity index (χ1) is 9.78. The lowest BCUT2D eigenvalue weighted by Gasteiger charge is -2.02. The number of halogens is 1. The molecule has 20 heavy (non-hydrogen) atoms. The van der Waals surface area contributed by atoms with Gasteiger partial charge in [-0.3, -0.25) is 0 Å². The van der Waals surface area contributed by atoms with Crippen molar-refractivity contribution in [2.24, 2.45) is 0 Å². The average molecular weight is 341 g/mol. The second-order valence-corrected chi connectivity index (χ2v) is 5.07. The summed E-state index contributed by atoms with van der Waals surface area (Å²) in [6.45, 7) is 2.58. The molecular formula is C13H17BrN4O2. The van der Waals surface area contributed by atoms with E-state index in [0.29, 0.717) is 31.6 Å². The average Bonchev–Trinajstić information content (AvgIpc) is 2.89. The first kappa shape index (κ1) is 15.0. The van der Waals surface area contributed by atoms with Crippen molar-refractivity contribution in [3.63, 3.8) is 0 Å². The standard InChI is InChI=1S/C13H17BrN4O2/c1-19-6-5-15-9-12-17-18-13(20-12)16-8-10-3-2-4-11(14)7-10/h2-4,7,15H,5-6,8-9H2,1H3,(H,16,18). The van der Waals surface area contributed by atoms with E-state index in [0.717, 1.165) is 16.6 Å². The Hall–Kier alpha value is -1.44. The summed E-state index contributed by atoms with van der Waals surface area (Å²) in [5.41, 5.74) is 1.14. The molecule has 1 aromatic heterocycles. The van der Waals surface area contributed by atoms with Crippen LogP contribution in [0.3, 0.4) is 0 Å². The highest BCUT2D eigenvalue weighted by Gasteiger charge is 2.05. The van der Waals surface area contributed by atoms with E-state index in [2.05, 4.69) is 36.8 Å². The highest BCUT2D eigenvalue weighted by atomic mass is 79.9. The first-order valence-corrected chi connectivity index (χ1v) is 7.07. The molecule has 0 spiro atoms. The van der Waals surface area contributed by atoms with Crippen LogP contribution in [0.4, 0.5) is 6.01 Å². The molecule has 1 aromatic carbocycles. The van der Waals surface area contributed by atoms with Gasteiger partial charge in [-0.2, -0.15) is 0 Å². The van der Waals surface area contributed by atoms with E-state index >= 15 is 0 Å². The molecule has 108 valence electrons. The second kappa shape index (κ2) is 7.98. The third kappa shape index (κ3) is 4.92. The van der Waals surface area contributed by atoms with Crippen molar-refractivity contribution >= 4 is 21.9 Å². The van der Waals surface area contributed by atoms with Crippen molar-refractivity contribution in [2.75, 3.05) is 25.6 Å². The van der Waals surface area contributed by atoms with Gasteiger partial charge in [0.05, 0.1) is 13.2 Å². The molecule has 2 rings (SSSR count). The van der Waals surface area contributed by atoms with E-state index in [-0.39, 0.29) is 0 Å². The van der Waals surface area contributed by atoms with Crippen molar-refractivity contribution < 1.29 is 9.15 Å². The normalized spacial score (nSPS) is 10.7. The van der Waals surface area contributed by atoms with Crippen LogP contribution in [0.15, 0.2) is 33.2 Å². The zero-order valence-corrected chi connectivity index (χ0v) is 12.8. The molecule has 2 N–H and O–H groups in total. The molecule has 0 saturated heterocycles. The Balaban J connectivity index is 1.78. The maximum atomic E-state index is 5.47. The quantitative estimate of drug-likeness (QED) is 0.717. The van der Waals surface area contributed by atoms with Crippen molar-refractivity contribution in [2.45, 2.75) is 13.1 Å². The number of hydrogen-bond donors (Lipinski definition) is 2. The first-order valence-electron chi connectivity index (χ1n) is 6.28. The molecule has 0 radical (unpaired) electrons. The fourth-order valence-corrected chi connectivity index (χ4v) is 2.04. The summed E-state index contributed by atoms with van der Waals surface area (Å²) >= 11 is 3.44. The van der Waals surface area contributed by atoms with E-state index in [9.17, 15) is 0 Å². The minimum Gasteiger partial charge on any atom is -0.407 e. The predicted octanol–water partition coefficient (Wildman–Crippen LogP) is 2.18. The third-order valence-electron chi connectivity index (χ3n) is 2.56. The second-order valence-electron chi connectivity index (χ2n) is 4.15. The van der Waals surface area contributed by atoms with Gasteiger partial charge in [0.25, 0.3) is 0 Å². The third-order valence-corrected chi connectivity index (χ3v) is 3.05. The molecule has 0 aliphatic rings. The molecule has 0 amide bonds. The van der Waals surface area contributed by atoms with Crippen LogP contribution in [-0.4, -0.2) is 30.5 Å². The van der Waals surface area contributed by atoms with Crippen molar-refractivity contribution in [1.82, 2.24) is 15.5 Å². The van der Waals surface area contributed by atoms with Crippen LogP contribution in [0, 0.1) is 0 Å². The molecule has 0 aliphatic carbocycles. The van der Waals surface area contributed by atoms with E-state index in [1.165, 1.54) is 0 Å². The summed E-state index contributed by atoms with van der Waals surface area (Å²) in [7, 11) is 1.67. The van der Waals surface area contributed by atoms with Crippen LogP contribution in [-0.2, 0) is 17.8 Å². The zero-order valence-electron chi connectivity index (χ0n) is 11.2. The molecule has 0 aliphatic heterocycles. The Bertz CT molecular complexity index is 533. The highest BCUT2D eigenvalue weighted by molar-refractivity contribution is 9.10. The Morgan fingerprint density at radius 2 is 2.20 bits per heavy atom. The minimum atomic E-state index is 0.425. The van der Waals surface area contributed by atoms with Crippen LogP contribution in [0.25, 0.3) is 0 Å². The summed E-state index contributed by atoms with van der Waals surface area (Å²) in [5, 5.41) is 14.1. The Morgan fingerprint density at radius 3 is 3.00 bits per heavy atom. The van der Waals surface area contributed by atoms with Crippen LogP contribution >= 0.6 is 15.9 Å². The zero-order chi connectivity index (χ0) is 14.2. The molecule has 6 nitrogen and oxygen atoms in total. The molecular weight excluding hydrogens is 324 g/mol. The topological polar surface area (TPSA) is 72.2 Å². The summed E-state index contributed by atoms with van der Waals surface area (Å²) in [6, 6.07) is 8.46. The van der Waals surface area contributed by atoms with Gasteiger partial charge in [-0.15, -0.1) is 5.10 Å². The van der Waals surface area contributed by atoms with Gasteiger partial charge in [-0.1, -0.05) is 33.2 Å². The van der Waals surface area contributed by atoms with Crippen LogP contribution in [0.5, 0.6) is 0 Å². The summed E-state index contributed by atoms with van der Waals surface area (Å²) < 4.78 is 11.5. The molecule has 0 bridgehead atoms. The van der Waals surface area contributed by atoms with Gasteiger partial charge in [0.1, 0.15) is 0 Å². The number of methoxy groups -OCH3 is 1. The molecule has 1 heterocycles. The van der Waals surface area contributed by atoms with Gasteiger partial charge in [0.15, 0.2) is 0 Å². The number of ether oxygens (including phenoxy) is 1. The smallest absolute Gasteiger partial charge is 0.315 e. The van der Waals surface area contributed by atoms with Crippen molar-refractivity contribution in [3.05, 3.63) is 40.2 Å². The van der Waals surface area contributed by atoms with Gasteiger partial charge in [-0.05, 0) is 17.7 Å². The fourth-order valence-electron chi connectivity index (χ4n) is 1.59. The molecule has 0 fully saturated rings. The molecule has 0 unspecified atom stereocenters. The number of aromatic nitrogens is 2. The van der Waals surface area contributed by atoms with Crippen molar-refractivity contribution in [3.8, 4) is 0 Å². The number of anilines is 1. The van der Waals surface area contributed by atoms with Crippen LogP contribution in [0.1, 0.15) is 11.5 Å². The van der Waals surface area contributed by atoms with Crippen LogP contribution < -0.4 is 10.6 Å². The Morgan fingerprint density at radius 1 is 1.30 bits per heavy atom. The lowest BCUT2D eigenvalue weighted by Crippen LogP contribution is -2.18. The van der Waals surface area contributed by atoms with E-state index in [1.807, 2.05) is 24.3 Å². The van der Waals surface area contributed by atoms with Gasteiger partial charge in [0.2, 0.25) is 5.89 Å². The number of nitrogens with zero attached hydrogens (tertiary/aromatic N) is 2. The highest BCUT2D eigenvalue weighted by Crippen LogP contribution is 2.13. The van der Waals surface area contributed by atoms with Crippen molar-refractivity contribution in [1.29, 1.82) is 0 Å². The number of benzene rings is 1. The maximum absolute atomic E-state index is 5.47. The summed E-state index contributed by atoms with van der Waals surface area (Å²) in [5.74, 6) is 0.554. The van der Waals surface area contributed by atoms with Gasteiger partial charge < -0.3 is 19.8 Å². The summed E-state index contributed by atoms with van der Waals surface area (Å²) in [4.78, 5) is 0. The number of hydrogen-bond acceptors (Lipinski definition) is 6. The van der Waals surface area contributed by atoms with E-state index in [1.54, 1.807) is 7.11 Å².